The molecule has 2 aliphatic rings. The van der Waals surface area contributed by atoms with E-state index >= 15 is 0 Å². The molecule has 0 unspecified atom stereocenters. The number of anilines is 1. The first kappa shape index (κ1) is 25.3. The number of fused-ring (bicyclic) bond motifs is 3. The Labute approximate surface area is 220 Å². The zero-order valence-electron chi connectivity index (χ0n) is 21.1. The molecule has 1 aliphatic carbocycles. The molecule has 3 atom stereocenters. The van der Waals surface area contributed by atoms with Crippen molar-refractivity contribution in [1.82, 2.24) is 10.6 Å². The van der Waals surface area contributed by atoms with Crippen molar-refractivity contribution in [2.45, 2.75) is 37.6 Å². The summed E-state index contributed by atoms with van der Waals surface area (Å²) >= 11 is 0. The van der Waals surface area contributed by atoms with Crippen LogP contribution >= 0.6 is 0 Å². The number of ether oxygens (including phenoxy) is 2. The van der Waals surface area contributed by atoms with Crippen LogP contribution < -0.4 is 15.7 Å². The Kier molecular flexibility index (Phi) is 7.28. The molecule has 0 spiro atoms. The van der Waals surface area contributed by atoms with Gasteiger partial charge in [-0.05, 0) is 41.3 Å². The normalized spacial score (nSPS) is 18.7. The van der Waals surface area contributed by atoms with Crippen LogP contribution in [0.5, 0.6) is 0 Å². The highest BCUT2D eigenvalue weighted by atomic mass is 16.7. The Bertz CT molecular complexity index is 1290. The Morgan fingerprint density at radius 2 is 1.55 bits per heavy atom. The van der Waals surface area contributed by atoms with Crippen molar-refractivity contribution in [3.8, 4) is 11.1 Å². The number of nitrogens with one attached hydrogen (secondary N) is 2. The average molecular weight is 516 g/mol. The molecule has 5 rings (SSSR count). The van der Waals surface area contributed by atoms with E-state index in [-0.39, 0.29) is 18.9 Å². The first-order chi connectivity index (χ1) is 18.5. The van der Waals surface area contributed by atoms with Crippen molar-refractivity contribution in [1.29, 1.82) is 0 Å². The molecule has 3 aromatic rings. The van der Waals surface area contributed by atoms with E-state index in [4.69, 9.17) is 14.3 Å². The molecular formula is C29H29N3O6. The van der Waals surface area contributed by atoms with Crippen LogP contribution in [-0.4, -0.2) is 50.0 Å². The maximum Gasteiger partial charge on any atom is 0.407 e. The van der Waals surface area contributed by atoms with Gasteiger partial charge < -0.3 is 20.1 Å². The van der Waals surface area contributed by atoms with Crippen LogP contribution in [0, 0.1) is 0 Å². The summed E-state index contributed by atoms with van der Waals surface area (Å²) in [4.78, 5) is 43.4. The number of hydrogen-bond donors (Lipinski definition) is 2. The van der Waals surface area contributed by atoms with Gasteiger partial charge in [0.15, 0.2) is 6.10 Å². The van der Waals surface area contributed by atoms with Gasteiger partial charge in [0.25, 0.3) is 0 Å². The maximum absolute atomic E-state index is 13.0. The molecule has 1 saturated heterocycles. The van der Waals surface area contributed by atoms with Gasteiger partial charge >= 0.3 is 12.1 Å². The minimum Gasteiger partial charge on any atom is -0.467 e. The second-order valence-electron chi connectivity index (χ2n) is 9.23. The van der Waals surface area contributed by atoms with Gasteiger partial charge in [-0.15, -0.1) is 0 Å². The summed E-state index contributed by atoms with van der Waals surface area (Å²) < 4.78 is 10.4. The minimum absolute atomic E-state index is 0.0809. The van der Waals surface area contributed by atoms with E-state index in [1.165, 1.54) is 12.2 Å². The summed E-state index contributed by atoms with van der Waals surface area (Å²) in [5.74, 6) is -1.06. The number of amides is 2. The highest BCUT2D eigenvalue weighted by Crippen LogP contribution is 2.44. The molecule has 196 valence electrons. The Balaban J connectivity index is 1.19. The van der Waals surface area contributed by atoms with Crippen LogP contribution in [0.3, 0.4) is 0 Å². The minimum atomic E-state index is -0.888. The first-order valence-corrected chi connectivity index (χ1v) is 12.5. The molecule has 1 heterocycles. The van der Waals surface area contributed by atoms with Gasteiger partial charge in [-0.2, -0.15) is 0 Å². The van der Waals surface area contributed by atoms with Gasteiger partial charge in [-0.3, -0.25) is 9.63 Å². The number of esters is 1. The number of hydroxylamine groups is 1. The van der Waals surface area contributed by atoms with E-state index < -0.39 is 36.3 Å². The second kappa shape index (κ2) is 10.9. The fraction of sp³-hybridized carbons (Fsp3) is 0.276. The van der Waals surface area contributed by atoms with Gasteiger partial charge in [0.05, 0.1) is 12.8 Å². The number of para-hydroxylation sites is 1. The molecule has 2 N–H and O–H groups in total. The van der Waals surface area contributed by atoms with E-state index in [0.29, 0.717) is 5.69 Å². The summed E-state index contributed by atoms with van der Waals surface area (Å²) in [6.07, 6.45) is -2.01. The van der Waals surface area contributed by atoms with Crippen LogP contribution in [0.4, 0.5) is 10.5 Å². The number of hydrogen-bond acceptors (Lipinski definition) is 7. The lowest BCUT2D eigenvalue weighted by atomic mass is 9.98. The van der Waals surface area contributed by atoms with E-state index in [9.17, 15) is 14.4 Å². The lowest BCUT2D eigenvalue weighted by molar-refractivity contribution is -0.151. The first-order valence-electron chi connectivity index (χ1n) is 12.5. The van der Waals surface area contributed by atoms with E-state index in [2.05, 4.69) is 22.8 Å². The number of alkyl carbamates (subject to hydrolysis) is 1. The Morgan fingerprint density at radius 3 is 2.18 bits per heavy atom. The van der Waals surface area contributed by atoms with E-state index in [1.807, 2.05) is 54.6 Å². The van der Waals surface area contributed by atoms with Crippen molar-refractivity contribution in [2.75, 3.05) is 18.8 Å². The third-order valence-corrected chi connectivity index (χ3v) is 6.82. The fourth-order valence-electron chi connectivity index (χ4n) is 4.93. The Morgan fingerprint density at radius 1 is 0.947 bits per heavy atom. The largest absolute Gasteiger partial charge is 0.467 e. The highest BCUT2D eigenvalue weighted by Gasteiger charge is 2.40. The predicted molar refractivity (Wildman–Crippen MR) is 140 cm³/mol. The molecule has 0 bridgehead atoms. The summed E-state index contributed by atoms with van der Waals surface area (Å²) in [6.45, 7) is 1.71. The number of rotatable bonds is 7. The van der Waals surface area contributed by atoms with Crippen LogP contribution in [0.25, 0.3) is 11.1 Å². The number of carbonyl (C=O) groups excluding carboxylic acids is 3. The van der Waals surface area contributed by atoms with Crippen molar-refractivity contribution in [2.24, 2.45) is 0 Å². The lowest BCUT2D eigenvalue weighted by Crippen LogP contribution is -2.51. The molecule has 3 aromatic carbocycles. The molecule has 1 fully saturated rings. The lowest BCUT2D eigenvalue weighted by Gasteiger charge is -2.26. The number of methoxy groups -OCH3 is 1. The van der Waals surface area contributed by atoms with E-state index in [0.717, 1.165) is 22.3 Å². The van der Waals surface area contributed by atoms with E-state index in [1.54, 1.807) is 19.1 Å². The maximum atomic E-state index is 13.0. The third-order valence-electron chi connectivity index (χ3n) is 6.82. The monoisotopic (exact) mass is 515 g/mol. The highest BCUT2D eigenvalue weighted by molar-refractivity contribution is 5.86. The molecule has 2 amide bonds. The smallest absolute Gasteiger partial charge is 0.407 e. The van der Waals surface area contributed by atoms with Crippen LogP contribution in [-0.2, 0) is 23.9 Å². The summed E-state index contributed by atoms with van der Waals surface area (Å²) in [6, 6.07) is 24.4. The molecule has 9 nitrogen and oxygen atoms in total. The molecule has 9 heteroatoms. The summed E-state index contributed by atoms with van der Waals surface area (Å²) in [5.41, 5.74) is 5.15. The summed E-state index contributed by atoms with van der Waals surface area (Å²) in [7, 11) is 1.28. The molecule has 1 aliphatic heterocycles. The fourth-order valence-corrected chi connectivity index (χ4v) is 4.93. The molecule has 0 saturated carbocycles. The zero-order valence-corrected chi connectivity index (χ0v) is 21.1. The SMILES string of the molecule is COC(=O)[C@H]1C[C@H](NC(=O)[C@H](C)NC(=O)OCC2c3ccccc3-c3ccccc32)N(c2ccccc2)O1. The van der Waals surface area contributed by atoms with Crippen molar-refractivity contribution in [3.63, 3.8) is 0 Å². The molecule has 38 heavy (non-hydrogen) atoms. The van der Waals surface area contributed by atoms with Crippen molar-refractivity contribution >= 4 is 23.7 Å². The van der Waals surface area contributed by atoms with Crippen molar-refractivity contribution < 1.29 is 28.7 Å². The topological polar surface area (TPSA) is 106 Å². The molecule has 0 aromatic heterocycles. The van der Waals surface area contributed by atoms with Crippen LogP contribution in [0.15, 0.2) is 78.9 Å². The predicted octanol–water partition coefficient (Wildman–Crippen LogP) is 3.74. The number of nitrogens with zero attached hydrogens (tertiary/aromatic N) is 1. The van der Waals surface area contributed by atoms with Gasteiger partial charge in [0, 0.05) is 12.3 Å². The quantitative estimate of drug-likeness (QED) is 0.462. The molecular weight excluding hydrogens is 486 g/mol. The Hall–Kier alpha value is -4.37. The standard InChI is InChI=1S/C29H29N3O6/c1-18(27(33)31-26-16-25(28(34)36-2)38-32(26)19-10-4-3-5-11-19)30-29(35)37-17-24-22-14-8-6-12-20(22)21-13-7-9-15-23(21)24/h3-15,18,24-26H,16-17H2,1-2H3,(H,30,35)(H,31,33)/t18-,25+,26+/m0/s1. The van der Waals surface area contributed by atoms with Gasteiger partial charge in [-0.25, -0.2) is 14.7 Å². The molecule has 0 radical (unpaired) electrons. The zero-order chi connectivity index (χ0) is 26.6. The third kappa shape index (κ3) is 5.05. The van der Waals surface area contributed by atoms with Gasteiger partial charge in [0.2, 0.25) is 5.91 Å². The van der Waals surface area contributed by atoms with Gasteiger partial charge in [-0.1, -0.05) is 66.7 Å². The van der Waals surface area contributed by atoms with Gasteiger partial charge in [0.1, 0.15) is 18.8 Å². The van der Waals surface area contributed by atoms with Crippen LogP contribution in [0.2, 0.25) is 0 Å². The summed E-state index contributed by atoms with van der Waals surface area (Å²) in [5, 5.41) is 6.92. The van der Waals surface area contributed by atoms with Crippen LogP contribution in [0.1, 0.15) is 30.4 Å². The second-order valence-corrected chi connectivity index (χ2v) is 9.23. The number of carbonyl (C=O) groups is 3. The number of benzene rings is 3. The van der Waals surface area contributed by atoms with Crippen molar-refractivity contribution in [3.05, 3.63) is 90.0 Å². The average Bonchev–Trinajstić information content (AvgIpc) is 3.51.